The number of carbonyl (C=O) groups excluding carboxylic acids is 2. The Bertz CT molecular complexity index is 1140. The molecular weight excluding hydrogens is 390 g/mol. The quantitative estimate of drug-likeness (QED) is 0.472. The Labute approximate surface area is 181 Å². The van der Waals surface area contributed by atoms with E-state index in [1.807, 2.05) is 54.6 Å². The van der Waals surface area contributed by atoms with Crippen LogP contribution in [0.2, 0.25) is 0 Å². The van der Waals surface area contributed by atoms with E-state index in [2.05, 4.69) is 11.4 Å². The van der Waals surface area contributed by atoms with E-state index in [9.17, 15) is 9.59 Å². The van der Waals surface area contributed by atoms with E-state index >= 15 is 0 Å². The van der Waals surface area contributed by atoms with Gasteiger partial charge in [-0.05, 0) is 71.0 Å². The predicted molar refractivity (Wildman–Crippen MR) is 121 cm³/mol. The van der Waals surface area contributed by atoms with Crippen molar-refractivity contribution in [3.05, 3.63) is 83.4 Å². The number of hydrogen-bond donors (Lipinski definition) is 1. The Morgan fingerprint density at radius 2 is 1.87 bits per heavy atom. The van der Waals surface area contributed by atoms with Crippen molar-refractivity contribution in [1.29, 1.82) is 0 Å². The maximum absolute atomic E-state index is 12.3. The molecule has 0 spiro atoms. The molecule has 1 amide bonds. The van der Waals surface area contributed by atoms with E-state index in [4.69, 9.17) is 9.47 Å². The number of nitrogens with one attached hydrogen (secondary N) is 1. The summed E-state index contributed by atoms with van der Waals surface area (Å²) < 4.78 is 10.4. The Hall–Kier alpha value is -3.60. The predicted octanol–water partition coefficient (Wildman–Crippen LogP) is 4.60. The second-order valence-electron chi connectivity index (χ2n) is 7.62. The molecule has 0 heterocycles. The summed E-state index contributed by atoms with van der Waals surface area (Å²) in [5, 5.41) is 5.08. The van der Waals surface area contributed by atoms with Crippen LogP contribution in [0.4, 0.5) is 0 Å². The first-order valence-corrected chi connectivity index (χ1v) is 10.4. The minimum atomic E-state index is -0.547. The van der Waals surface area contributed by atoms with Gasteiger partial charge in [0.15, 0.2) is 6.61 Å². The number of fused-ring (bicyclic) bond motifs is 2. The molecule has 1 aliphatic rings. The first-order valence-electron chi connectivity index (χ1n) is 10.4. The maximum atomic E-state index is 12.3. The number of benzene rings is 3. The second kappa shape index (κ2) is 9.47. The first-order chi connectivity index (χ1) is 15.1. The third kappa shape index (κ3) is 5.12. The van der Waals surface area contributed by atoms with Gasteiger partial charge in [-0.2, -0.15) is 0 Å². The highest BCUT2D eigenvalue weighted by atomic mass is 16.5. The maximum Gasteiger partial charge on any atom is 0.331 e. The molecule has 158 valence electrons. The summed E-state index contributed by atoms with van der Waals surface area (Å²) in [6.07, 6.45) is 5.98. The number of rotatable bonds is 6. The molecule has 0 fully saturated rings. The van der Waals surface area contributed by atoms with Crippen LogP contribution < -0.4 is 10.1 Å². The van der Waals surface area contributed by atoms with Crippen molar-refractivity contribution >= 4 is 28.7 Å². The fraction of sp³-hybridized carbons (Fsp3) is 0.231. The monoisotopic (exact) mass is 415 g/mol. The van der Waals surface area contributed by atoms with Gasteiger partial charge in [0.05, 0.1) is 13.2 Å². The van der Waals surface area contributed by atoms with Crippen LogP contribution in [0.1, 0.15) is 35.6 Å². The molecule has 1 N–H and O–H groups in total. The average Bonchev–Trinajstić information content (AvgIpc) is 2.81. The second-order valence-corrected chi connectivity index (χ2v) is 7.62. The Morgan fingerprint density at radius 3 is 2.74 bits per heavy atom. The molecule has 0 bridgehead atoms. The topological polar surface area (TPSA) is 64.6 Å². The number of esters is 1. The molecule has 1 atom stereocenters. The van der Waals surface area contributed by atoms with E-state index in [-0.39, 0.29) is 18.6 Å². The minimum absolute atomic E-state index is 0.0251. The number of methoxy groups -OCH3 is 1. The number of carbonyl (C=O) groups is 2. The van der Waals surface area contributed by atoms with Crippen LogP contribution >= 0.6 is 0 Å². The van der Waals surface area contributed by atoms with E-state index in [1.54, 1.807) is 13.2 Å². The smallest absolute Gasteiger partial charge is 0.331 e. The van der Waals surface area contributed by atoms with Crippen LogP contribution in [0, 0.1) is 0 Å². The van der Waals surface area contributed by atoms with Crippen molar-refractivity contribution in [2.75, 3.05) is 13.7 Å². The lowest BCUT2D eigenvalue weighted by atomic mass is 9.88. The summed E-state index contributed by atoms with van der Waals surface area (Å²) in [5.74, 6) is -0.0357. The zero-order valence-electron chi connectivity index (χ0n) is 17.5. The van der Waals surface area contributed by atoms with Gasteiger partial charge in [0.1, 0.15) is 5.75 Å². The van der Waals surface area contributed by atoms with Gasteiger partial charge in [-0.3, -0.25) is 4.79 Å². The van der Waals surface area contributed by atoms with Crippen LogP contribution in [-0.4, -0.2) is 25.6 Å². The molecule has 1 aliphatic carbocycles. The van der Waals surface area contributed by atoms with Crippen LogP contribution in [0.5, 0.6) is 5.75 Å². The third-order valence-corrected chi connectivity index (χ3v) is 5.53. The molecule has 3 aromatic carbocycles. The molecule has 4 rings (SSSR count). The van der Waals surface area contributed by atoms with Crippen molar-refractivity contribution in [2.24, 2.45) is 0 Å². The van der Waals surface area contributed by atoms with Crippen molar-refractivity contribution in [3.63, 3.8) is 0 Å². The Morgan fingerprint density at radius 1 is 1.06 bits per heavy atom. The molecule has 0 radical (unpaired) electrons. The molecule has 3 aromatic rings. The van der Waals surface area contributed by atoms with Gasteiger partial charge in [-0.25, -0.2) is 4.79 Å². The molecule has 0 aromatic heterocycles. The SMILES string of the molecule is COc1ccc2cc(/C=C/C(=O)OCC(=O)N[C@@H]3CCCc4ccccc43)ccc2c1. The summed E-state index contributed by atoms with van der Waals surface area (Å²) in [5.41, 5.74) is 3.30. The number of ether oxygens (including phenoxy) is 2. The van der Waals surface area contributed by atoms with E-state index in [0.717, 1.165) is 46.9 Å². The van der Waals surface area contributed by atoms with Gasteiger partial charge < -0.3 is 14.8 Å². The van der Waals surface area contributed by atoms with Gasteiger partial charge in [0, 0.05) is 6.08 Å². The Balaban J connectivity index is 1.30. The fourth-order valence-corrected chi connectivity index (χ4v) is 3.96. The van der Waals surface area contributed by atoms with Gasteiger partial charge in [-0.1, -0.05) is 42.5 Å². The normalized spacial score (nSPS) is 15.5. The zero-order chi connectivity index (χ0) is 21.6. The first kappa shape index (κ1) is 20.7. The highest BCUT2D eigenvalue weighted by Crippen LogP contribution is 2.29. The lowest BCUT2D eigenvalue weighted by molar-refractivity contribution is -0.144. The van der Waals surface area contributed by atoms with Crippen molar-refractivity contribution < 1.29 is 19.1 Å². The molecule has 31 heavy (non-hydrogen) atoms. The molecule has 0 saturated heterocycles. The fourth-order valence-electron chi connectivity index (χ4n) is 3.96. The van der Waals surface area contributed by atoms with Crippen molar-refractivity contribution in [1.82, 2.24) is 5.32 Å². The van der Waals surface area contributed by atoms with Crippen molar-refractivity contribution in [2.45, 2.75) is 25.3 Å². The minimum Gasteiger partial charge on any atom is -0.497 e. The summed E-state index contributed by atoms with van der Waals surface area (Å²) in [6, 6.07) is 19.8. The molecule has 5 heteroatoms. The third-order valence-electron chi connectivity index (χ3n) is 5.53. The molecule has 0 aliphatic heterocycles. The Kier molecular flexibility index (Phi) is 6.32. The van der Waals surface area contributed by atoms with E-state index in [1.165, 1.54) is 11.6 Å². The molecule has 0 saturated carbocycles. The van der Waals surface area contributed by atoms with Gasteiger partial charge in [0.2, 0.25) is 0 Å². The van der Waals surface area contributed by atoms with E-state index in [0.29, 0.717) is 0 Å². The zero-order valence-corrected chi connectivity index (χ0v) is 17.5. The lowest BCUT2D eigenvalue weighted by Crippen LogP contribution is -2.34. The molecule has 5 nitrogen and oxygen atoms in total. The largest absolute Gasteiger partial charge is 0.497 e. The average molecular weight is 415 g/mol. The summed E-state index contributed by atoms with van der Waals surface area (Å²) in [6.45, 7) is -0.292. The van der Waals surface area contributed by atoms with Crippen molar-refractivity contribution in [3.8, 4) is 5.75 Å². The van der Waals surface area contributed by atoms with Gasteiger partial charge >= 0.3 is 5.97 Å². The standard InChI is InChI=1S/C26H25NO4/c1-30-22-13-12-20-15-18(9-11-21(20)16-22)10-14-26(29)31-17-25(28)27-24-8-4-6-19-5-2-3-7-23(19)24/h2-3,5,7,9-16,24H,4,6,8,17H2,1H3,(H,27,28)/b14-10+/t24-/m1/s1. The van der Waals surface area contributed by atoms with E-state index < -0.39 is 5.97 Å². The van der Waals surface area contributed by atoms with Crippen LogP contribution in [0.15, 0.2) is 66.7 Å². The van der Waals surface area contributed by atoms with Crippen LogP contribution in [0.3, 0.4) is 0 Å². The lowest BCUT2D eigenvalue weighted by Gasteiger charge is -2.26. The molecular formula is C26H25NO4. The highest BCUT2D eigenvalue weighted by molar-refractivity contribution is 5.91. The number of hydrogen-bond acceptors (Lipinski definition) is 4. The van der Waals surface area contributed by atoms with Gasteiger partial charge in [-0.15, -0.1) is 0 Å². The summed E-state index contributed by atoms with van der Waals surface area (Å²) in [7, 11) is 1.64. The molecule has 0 unspecified atom stereocenters. The van der Waals surface area contributed by atoms with Gasteiger partial charge in [0.25, 0.3) is 5.91 Å². The van der Waals surface area contributed by atoms with Crippen LogP contribution in [-0.2, 0) is 20.7 Å². The van der Waals surface area contributed by atoms with Crippen LogP contribution in [0.25, 0.3) is 16.8 Å². The summed E-state index contributed by atoms with van der Waals surface area (Å²) >= 11 is 0. The number of amides is 1. The number of aryl methyl sites for hydroxylation is 1. The summed E-state index contributed by atoms with van der Waals surface area (Å²) in [4.78, 5) is 24.3. The highest BCUT2D eigenvalue weighted by Gasteiger charge is 2.21.